The van der Waals surface area contributed by atoms with Crippen molar-refractivity contribution in [1.82, 2.24) is 14.5 Å². The highest BCUT2D eigenvalue weighted by Gasteiger charge is 2.28. The van der Waals surface area contributed by atoms with Gasteiger partial charge in [0.05, 0.1) is 12.8 Å². The van der Waals surface area contributed by atoms with Gasteiger partial charge in [-0.25, -0.2) is 8.42 Å². The molecule has 0 aromatic heterocycles. The second-order valence-electron chi connectivity index (χ2n) is 7.18. The first-order valence-electron chi connectivity index (χ1n) is 9.04. The van der Waals surface area contributed by atoms with Crippen LogP contribution in [-0.2, 0) is 26.2 Å². The molecule has 0 aliphatic heterocycles. The molecule has 0 heterocycles. The Morgan fingerprint density at radius 3 is 2.22 bits per heavy atom. The Kier molecular flexibility index (Phi) is 8.92. The molecule has 0 saturated carbocycles. The molecule has 1 aromatic rings. The summed E-state index contributed by atoms with van der Waals surface area (Å²) in [6.07, 6.45) is 1.89. The molecule has 0 spiro atoms. The molecular formula is C19H31N3O4S. The minimum atomic E-state index is -3.49. The van der Waals surface area contributed by atoms with Gasteiger partial charge in [-0.2, -0.15) is 4.31 Å². The van der Waals surface area contributed by atoms with Gasteiger partial charge in [-0.15, -0.1) is 0 Å². The summed E-state index contributed by atoms with van der Waals surface area (Å²) in [6, 6.07) is 8.60. The van der Waals surface area contributed by atoms with E-state index in [1.54, 1.807) is 6.92 Å². The highest BCUT2D eigenvalue weighted by molar-refractivity contribution is 7.88. The molecule has 152 valence electrons. The van der Waals surface area contributed by atoms with Crippen LogP contribution in [0.25, 0.3) is 0 Å². The molecule has 0 aliphatic rings. The van der Waals surface area contributed by atoms with E-state index in [1.165, 1.54) is 11.9 Å². The molecule has 0 aliphatic carbocycles. The van der Waals surface area contributed by atoms with Crippen LogP contribution in [0.2, 0.25) is 0 Å². The maximum atomic E-state index is 12.8. The third-order valence-electron chi connectivity index (χ3n) is 4.31. The second kappa shape index (κ2) is 10.4. The second-order valence-corrected chi connectivity index (χ2v) is 9.27. The number of likely N-dealkylation sites (N-methyl/N-ethyl adjacent to an activating group) is 1. The number of nitrogens with one attached hydrogen (secondary N) is 1. The number of carbonyl (C=O) groups is 2. The number of hydrogen-bond acceptors (Lipinski definition) is 4. The first kappa shape index (κ1) is 23.1. The van der Waals surface area contributed by atoms with Gasteiger partial charge in [0.15, 0.2) is 0 Å². The van der Waals surface area contributed by atoms with Crippen molar-refractivity contribution in [3.8, 4) is 0 Å². The molecule has 7 nitrogen and oxygen atoms in total. The number of sulfonamides is 1. The molecule has 0 unspecified atom stereocenters. The number of rotatable bonds is 10. The average molecular weight is 398 g/mol. The first-order valence-corrected chi connectivity index (χ1v) is 10.9. The summed E-state index contributed by atoms with van der Waals surface area (Å²) in [7, 11) is -2.14. The Morgan fingerprint density at radius 1 is 1.11 bits per heavy atom. The predicted molar refractivity (Wildman–Crippen MR) is 106 cm³/mol. The highest BCUT2D eigenvalue weighted by atomic mass is 32.2. The van der Waals surface area contributed by atoms with Gasteiger partial charge in [0.2, 0.25) is 21.8 Å². The van der Waals surface area contributed by atoms with Gasteiger partial charge < -0.3 is 10.2 Å². The summed E-state index contributed by atoms with van der Waals surface area (Å²) in [5.41, 5.74) is 0.870. The van der Waals surface area contributed by atoms with Gasteiger partial charge in [-0.1, -0.05) is 44.2 Å². The normalized spacial score (nSPS) is 12.9. The van der Waals surface area contributed by atoms with Crippen molar-refractivity contribution in [2.24, 2.45) is 5.92 Å². The minimum Gasteiger partial charge on any atom is -0.354 e. The summed E-state index contributed by atoms with van der Waals surface area (Å²) in [5, 5.41) is 2.85. The average Bonchev–Trinajstić information content (AvgIpc) is 2.58. The molecule has 1 aromatic carbocycles. The van der Waals surface area contributed by atoms with E-state index in [1.807, 2.05) is 30.3 Å². The van der Waals surface area contributed by atoms with Crippen LogP contribution in [0.1, 0.15) is 32.8 Å². The van der Waals surface area contributed by atoms with Crippen LogP contribution in [0.5, 0.6) is 0 Å². The SMILES string of the molecule is CC(C)CCNC(=O)[C@@H](C)N(Cc1ccccc1)C(=O)CN(C)S(C)(=O)=O. The topological polar surface area (TPSA) is 86.8 Å². The van der Waals surface area contributed by atoms with Crippen LogP contribution in [-0.4, -0.2) is 61.9 Å². The van der Waals surface area contributed by atoms with Gasteiger partial charge in [0.1, 0.15) is 6.04 Å². The summed E-state index contributed by atoms with van der Waals surface area (Å²) < 4.78 is 24.2. The lowest BCUT2D eigenvalue weighted by Gasteiger charge is -2.30. The Labute approximate surface area is 162 Å². The lowest BCUT2D eigenvalue weighted by Crippen LogP contribution is -2.50. The van der Waals surface area contributed by atoms with Crippen LogP contribution >= 0.6 is 0 Å². The summed E-state index contributed by atoms with van der Waals surface area (Å²) in [6.45, 7) is 6.26. The smallest absolute Gasteiger partial charge is 0.242 e. The number of benzene rings is 1. The number of amides is 2. The predicted octanol–water partition coefficient (Wildman–Crippen LogP) is 1.46. The summed E-state index contributed by atoms with van der Waals surface area (Å²) in [5.74, 6) is -0.203. The van der Waals surface area contributed by atoms with E-state index in [9.17, 15) is 18.0 Å². The van der Waals surface area contributed by atoms with Crippen LogP contribution in [0.4, 0.5) is 0 Å². The Morgan fingerprint density at radius 2 is 1.70 bits per heavy atom. The molecule has 1 N–H and O–H groups in total. The van der Waals surface area contributed by atoms with Crippen LogP contribution in [0, 0.1) is 5.92 Å². The van der Waals surface area contributed by atoms with Crippen LogP contribution in [0.3, 0.4) is 0 Å². The molecular weight excluding hydrogens is 366 g/mol. The van der Waals surface area contributed by atoms with E-state index in [0.717, 1.165) is 22.5 Å². The first-order chi connectivity index (χ1) is 12.5. The van der Waals surface area contributed by atoms with Crippen molar-refractivity contribution >= 4 is 21.8 Å². The molecule has 2 amide bonds. The molecule has 0 radical (unpaired) electrons. The Hall–Kier alpha value is -1.93. The zero-order valence-electron chi connectivity index (χ0n) is 16.8. The highest BCUT2D eigenvalue weighted by Crippen LogP contribution is 2.11. The van der Waals surface area contributed by atoms with Gasteiger partial charge in [-0.05, 0) is 24.8 Å². The minimum absolute atomic E-state index is 0.232. The van der Waals surface area contributed by atoms with Crippen molar-refractivity contribution < 1.29 is 18.0 Å². The molecule has 27 heavy (non-hydrogen) atoms. The zero-order valence-corrected chi connectivity index (χ0v) is 17.6. The fourth-order valence-electron chi connectivity index (χ4n) is 2.39. The summed E-state index contributed by atoms with van der Waals surface area (Å²) >= 11 is 0. The number of hydrogen-bond donors (Lipinski definition) is 1. The standard InChI is InChI=1S/C19H31N3O4S/c1-15(2)11-12-20-19(24)16(3)22(13-17-9-7-6-8-10-17)18(23)14-21(4)27(5,25)26/h6-10,15-16H,11-14H2,1-5H3,(H,20,24)/t16-/m1/s1. The fourth-order valence-corrected chi connectivity index (χ4v) is 2.74. The maximum Gasteiger partial charge on any atom is 0.242 e. The Balaban J connectivity index is 2.92. The molecule has 0 bridgehead atoms. The van der Waals surface area contributed by atoms with Gasteiger partial charge in [0, 0.05) is 20.1 Å². The quantitative estimate of drug-likeness (QED) is 0.647. The number of nitrogens with zero attached hydrogens (tertiary/aromatic N) is 2. The van der Waals surface area contributed by atoms with Gasteiger partial charge in [-0.3, -0.25) is 9.59 Å². The van der Waals surface area contributed by atoms with E-state index >= 15 is 0 Å². The van der Waals surface area contributed by atoms with Crippen molar-refractivity contribution in [2.75, 3.05) is 26.4 Å². The third kappa shape index (κ3) is 8.09. The van der Waals surface area contributed by atoms with Gasteiger partial charge >= 0.3 is 0 Å². The molecule has 8 heteroatoms. The van der Waals surface area contributed by atoms with E-state index in [-0.39, 0.29) is 19.0 Å². The van der Waals surface area contributed by atoms with Crippen molar-refractivity contribution in [3.05, 3.63) is 35.9 Å². The summed E-state index contributed by atoms with van der Waals surface area (Å²) in [4.78, 5) is 26.7. The van der Waals surface area contributed by atoms with E-state index in [4.69, 9.17) is 0 Å². The molecule has 1 rings (SSSR count). The maximum absolute atomic E-state index is 12.8. The Bertz CT molecular complexity index is 720. The number of carbonyl (C=O) groups excluding carboxylic acids is 2. The van der Waals surface area contributed by atoms with Crippen molar-refractivity contribution in [1.29, 1.82) is 0 Å². The molecule has 0 saturated heterocycles. The van der Waals surface area contributed by atoms with Crippen molar-refractivity contribution in [2.45, 2.75) is 39.8 Å². The fraction of sp³-hybridized carbons (Fsp3) is 0.579. The van der Waals surface area contributed by atoms with Crippen LogP contribution < -0.4 is 5.32 Å². The molecule has 1 atom stereocenters. The lowest BCUT2D eigenvalue weighted by atomic mass is 10.1. The monoisotopic (exact) mass is 397 g/mol. The van der Waals surface area contributed by atoms with E-state index in [0.29, 0.717) is 12.5 Å². The van der Waals surface area contributed by atoms with Crippen molar-refractivity contribution in [3.63, 3.8) is 0 Å². The van der Waals surface area contributed by atoms with Gasteiger partial charge in [0.25, 0.3) is 0 Å². The largest absolute Gasteiger partial charge is 0.354 e. The van der Waals surface area contributed by atoms with Crippen LogP contribution in [0.15, 0.2) is 30.3 Å². The van der Waals surface area contributed by atoms with E-state index in [2.05, 4.69) is 19.2 Å². The third-order valence-corrected chi connectivity index (χ3v) is 5.57. The van der Waals surface area contributed by atoms with E-state index < -0.39 is 22.0 Å². The lowest BCUT2D eigenvalue weighted by molar-refractivity contribution is -0.140. The molecule has 0 fully saturated rings. The zero-order chi connectivity index (χ0) is 20.6.